The van der Waals surface area contributed by atoms with Crippen molar-refractivity contribution >= 4 is 39.0 Å². The van der Waals surface area contributed by atoms with E-state index in [0.717, 1.165) is 12.1 Å². The Bertz CT molecular complexity index is 1460. The fourth-order valence-corrected chi connectivity index (χ4v) is 7.79. The van der Waals surface area contributed by atoms with Crippen LogP contribution < -0.4 is 10.6 Å². The summed E-state index contributed by atoms with van der Waals surface area (Å²) in [6.45, 7) is 3.38. The molecule has 2 heterocycles. The number of amides is 2. The van der Waals surface area contributed by atoms with Crippen molar-refractivity contribution in [2.75, 3.05) is 23.7 Å². The molecule has 0 aliphatic carbocycles. The molecule has 2 bridgehead atoms. The zero-order valence-electron chi connectivity index (χ0n) is 20.7. The second kappa shape index (κ2) is 10.5. The molecule has 2 aliphatic rings. The Morgan fingerprint density at radius 2 is 1.66 bits per heavy atom. The Balaban J connectivity index is 1.36. The summed E-state index contributed by atoms with van der Waals surface area (Å²) in [4.78, 5) is 14.4. The maximum atomic E-state index is 13.9. The lowest BCUT2D eigenvalue weighted by molar-refractivity contribution is 0.123. The molecule has 11 heteroatoms. The largest absolute Gasteiger partial charge is 0.504 e. The lowest BCUT2D eigenvalue weighted by atomic mass is 10.1. The Morgan fingerprint density at radius 1 is 1.00 bits per heavy atom. The molecule has 0 aromatic heterocycles. The van der Waals surface area contributed by atoms with Crippen LogP contribution in [-0.4, -0.2) is 53.9 Å². The summed E-state index contributed by atoms with van der Waals surface area (Å²) >= 11 is 6.32. The highest BCUT2D eigenvalue weighted by molar-refractivity contribution is 7.89. The van der Waals surface area contributed by atoms with Crippen molar-refractivity contribution in [2.45, 2.75) is 43.3 Å². The van der Waals surface area contributed by atoms with Gasteiger partial charge in [0.1, 0.15) is 10.7 Å². The topological polar surface area (TPSA) is 102 Å². The Kier molecular flexibility index (Phi) is 7.32. The highest BCUT2D eigenvalue weighted by atomic mass is 35.5. The SMILES string of the molecule is Cc1c(F)cccc1NC(=O)Nc1ccc(Cl)c(S(=O)(=O)N2C3CCC2CN(Cc2ccccc2)C3)c1O. The fourth-order valence-electron chi connectivity index (χ4n) is 5.33. The molecule has 0 saturated carbocycles. The van der Waals surface area contributed by atoms with Crippen molar-refractivity contribution in [1.82, 2.24) is 9.21 Å². The summed E-state index contributed by atoms with van der Waals surface area (Å²) < 4.78 is 43.0. The zero-order chi connectivity index (χ0) is 27.0. The van der Waals surface area contributed by atoms with Gasteiger partial charge in [-0.25, -0.2) is 17.6 Å². The summed E-state index contributed by atoms with van der Waals surface area (Å²) in [5.41, 5.74) is 1.52. The number of piperazine rings is 1. The third-order valence-electron chi connectivity index (χ3n) is 7.12. The first kappa shape index (κ1) is 26.4. The number of carbonyl (C=O) groups excluding carboxylic acids is 1. The zero-order valence-corrected chi connectivity index (χ0v) is 22.3. The minimum atomic E-state index is -4.18. The van der Waals surface area contributed by atoms with E-state index >= 15 is 0 Å². The smallest absolute Gasteiger partial charge is 0.323 e. The van der Waals surface area contributed by atoms with Crippen LogP contribution in [0.5, 0.6) is 5.75 Å². The van der Waals surface area contributed by atoms with Crippen molar-refractivity contribution in [3.05, 3.63) is 82.6 Å². The molecule has 0 spiro atoms. The number of carbonyl (C=O) groups is 1. The summed E-state index contributed by atoms with van der Waals surface area (Å²) in [7, 11) is -4.18. The van der Waals surface area contributed by atoms with Crippen LogP contribution in [0.15, 0.2) is 65.6 Å². The lowest BCUT2D eigenvalue weighted by Gasteiger charge is -2.40. The number of hydrogen-bond donors (Lipinski definition) is 3. The number of nitrogens with zero attached hydrogens (tertiary/aromatic N) is 2. The standard InChI is InChI=1S/C27H28ClFN4O4S/c1-17-22(29)8-5-9-23(17)30-27(35)31-24-13-12-21(28)26(25(24)34)38(36,37)33-19-10-11-20(33)16-32(15-19)14-18-6-3-2-4-7-18/h2-9,12-13,19-20,34H,10-11,14-16H2,1H3,(H2,30,31,35). The normalized spacial score (nSPS) is 19.9. The molecule has 2 saturated heterocycles. The van der Waals surface area contributed by atoms with E-state index in [4.69, 9.17) is 11.6 Å². The Labute approximate surface area is 226 Å². The minimum Gasteiger partial charge on any atom is -0.504 e. The molecular formula is C27H28ClFN4O4S. The van der Waals surface area contributed by atoms with E-state index in [1.165, 1.54) is 41.6 Å². The summed E-state index contributed by atoms with van der Waals surface area (Å²) in [5.74, 6) is -1.13. The third-order valence-corrected chi connectivity index (χ3v) is 9.63. The van der Waals surface area contributed by atoms with Gasteiger partial charge in [-0.05, 0) is 49.6 Å². The van der Waals surface area contributed by atoms with Gasteiger partial charge in [0, 0.05) is 43.0 Å². The van der Waals surface area contributed by atoms with Gasteiger partial charge in [0.25, 0.3) is 0 Å². The van der Waals surface area contributed by atoms with Crippen molar-refractivity contribution in [1.29, 1.82) is 0 Å². The molecule has 8 nitrogen and oxygen atoms in total. The van der Waals surface area contributed by atoms with E-state index in [0.29, 0.717) is 25.9 Å². The molecule has 2 aliphatic heterocycles. The average molecular weight is 559 g/mol. The minimum absolute atomic E-state index is 0.130. The predicted molar refractivity (Wildman–Crippen MR) is 144 cm³/mol. The number of phenols is 1. The first-order chi connectivity index (χ1) is 18.1. The van der Waals surface area contributed by atoms with Gasteiger partial charge in [0.15, 0.2) is 5.75 Å². The van der Waals surface area contributed by atoms with Crippen LogP contribution in [0, 0.1) is 12.7 Å². The Morgan fingerprint density at radius 3 is 2.34 bits per heavy atom. The second-order valence-corrected chi connectivity index (χ2v) is 11.9. The van der Waals surface area contributed by atoms with E-state index < -0.39 is 32.5 Å². The molecule has 3 aromatic rings. The van der Waals surface area contributed by atoms with E-state index in [9.17, 15) is 22.7 Å². The molecule has 2 unspecified atom stereocenters. The summed E-state index contributed by atoms with van der Waals surface area (Å²) in [6, 6.07) is 15.6. The van der Waals surface area contributed by atoms with Crippen molar-refractivity contribution < 1.29 is 22.7 Å². The number of anilines is 2. The lowest BCUT2D eigenvalue weighted by Crippen LogP contribution is -2.55. The molecule has 200 valence electrons. The number of urea groups is 1. The van der Waals surface area contributed by atoms with Gasteiger partial charge in [-0.3, -0.25) is 4.90 Å². The van der Waals surface area contributed by atoms with Gasteiger partial charge in [-0.15, -0.1) is 0 Å². The number of phenolic OH excluding ortho intramolecular Hbond substituents is 1. The first-order valence-electron chi connectivity index (χ1n) is 12.3. The van der Waals surface area contributed by atoms with Crippen LogP contribution in [0.3, 0.4) is 0 Å². The molecule has 3 aromatic carbocycles. The molecular weight excluding hydrogens is 531 g/mol. The fraction of sp³-hybridized carbons (Fsp3) is 0.296. The number of sulfonamides is 1. The van der Waals surface area contributed by atoms with Crippen molar-refractivity contribution in [2.24, 2.45) is 0 Å². The van der Waals surface area contributed by atoms with E-state index in [2.05, 4.69) is 15.5 Å². The number of rotatable bonds is 6. The van der Waals surface area contributed by atoms with E-state index in [1.807, 2.05) is 30.3 Å². The molecule has 2 amide bonds. The maximum absolute atomic E-state index is 13.9. The molecule has 38 heavy (non-hydrogen) atoms. The van der Waals surface area contributed by atoms with Crippen LogP contribution in [0.25, 0.3) is 0 Å². The van der Waals surface area contributed by atoms with Gasteiger partial charge < -0.3 is 15.7 Å². The first-order valence-corrected chi connectivity index (χ1v) is 14.1. The van der Waals surface area contributed by atoms with Crippen LogP contribution in [0.4, 0.5) is 20.6 Å². The molecule has 2 fully saturated rings. The third kappa shape index (κ3) is 5.09. The van der Waals surface area contributed by atoms with Crippen molar-refractivity contribution in [3.8, 4) is 5.75 Å². The van der Waals surface area contributed by atoms with E-state index in [-0.39, 0.29) is 34.0 Å². The number of nitrogens with one attached hydrogen (secondary N) is 2. The Hall–Kier alpha value is -3.18. The summed E-state index contributed by atoms with van der Waals surface area (Å²) in [5, 5.41) is 15.8. The molecule has 5 rings (SSSR count). The van der Waals surface area contributed by atoms with Crippen LogP contribution in [0.1, 0.15) is 24.0 Å². The van der Waals surface area contributed by atoms with Gasteiger partial charge in [-0.1, -0.05) is 48.0 Å². The molecule has 3 N–H and O–H groups in total. The van der Waals surface area contributed by atoms with E-state index in [1.54, 1.807) is 0 Å². The predicted octanol–water partition coefficient (Wildman–Crippen LogP) is 5.17. The number of aromatic hydroxyl groups is 1. The van der Waals surface area contributed by atoms with Crippen LogP contribution >= 0.6 is 11.6 Å². The van der Waals surface area contributed by atoms with Crippen LogP contribution in [-0.2, 0) is 16.6 Å². The van der Waals surface area contributed by atoms with Gasteiger partial charge in [0.05, 0.1) is 10.7 Å². The van der Waals surface area contributed by atoms with Gasteiger partial charge >= 0.3 is 6.03 Å². The molecule has 2 atom stereocenters. The number of fused-ring (bicyclic) bond motifs is 2. The van der Waals surface area contributed by atoms with Crippen molar-refractivity contribution in [3.63, 3.8) is 0 Å². The van der Waals surface area contributed by atoms with Gasteiger partial charge in [-0.2, -0.15) is 4.31 Å². The summed E-state index contributed by atoms with van der Waals surface area (Å²) in [6.07, 6.45) is 1.42. The number of likely N-dealkylation sites (tertiary alicyclic amines) is 1. The maximum Gasteiger partial charge on any atom is 0.323 e. The quantitative estimate of drug-likeness (QED) is 0.362. The van der Waals surface area contributed by atoms with Gasteiger partial charge in [0.2, 0.25) is 10.0 Å². The average Bonchev–Trinajstić information content (AvgIpc) is 3.16. The highest BCUT2D eigenvalue weighted by Gasteiger charge is 2.48. The second-order valence-electron chi connectivity index (χ2n) is 9.66. The van der Waals surface area contributed by atoms with Crippen LogP contribution in [0.2, 0.25) is 5.02 Å². The molecule has 0 radical (unpaired) electrons. The monoisotopic (exact) mass is 558 g/mol. The number of hydrogen-bond acceptors (Lipinski definition) is 5. The highest BCUT2D eigenvalue weighted by Crippen LogP contribution is 2.43. The number of benzene rings is 3. The number of halogens is 2.